The molecule has 2 saturated heterocycles. The molecule has 2 aliphatic heterocycles. The topological polar surface area (TPSA) is 100.0 Å². The van der Waals surface area contributed by atoms with E-state index in [0.29, 0.717) is 18.1 Å². The van der Waals surface area contributed by atoms with Crippen molar-refractivity contribution in [2.45, 2.75) is 44.2 Å². The van der Waals surface area contributed by atoms with Crippen LogP contribution in [0.5, 0.6) is 0 Å². The van der Waals surface area contributed by atoms with Gasteiger partial charge in [0.05, 0.1) is 5.92 Å². The second kappa shape index (κ2) is 13.0. The Balaban J connectivity index is 1.29. The van der Waals surface area contributed by atoms with Crippen LogP contribution in [0.2, 0.25) is 5.02 Å². The van der Waals surface area contributed by atoms with E-state index in [1.54, 1.807) is 0 Å². The van der Waals surface area contributed by atoms with Crippen molar-refractivity contribution in [3.63, 3.8) is 0 Å². The zero-order valence-corrected chi connectivity index (χ0v) is 24.1. The maximum atomic E-state index is 14.1. The van der Waals surface area contributed by atoms with Gasteiger partial charge in [-0.25, -0.2) is 0 Å². The van der Waals surface area contributed by atoms with Crippen molar-refractivity contribution >= 4 is 34.2 Å². The van der Waals surface area contributed by atoms with E-state index in [1.165, 1.54) is 21.9 Å². The molecule has 0 saturated carbocycles. The predicted octanol–water partition coefficient (Wildman–Crippen LogP) is 3.99. The van der Waals surface area contributed by atoms with E-state index in [-0.39, 0.29) is 35.8 Å². The van der Waals surface area contributed by atoms with E-state index < -0.39 is 0 Å². The lowest BCUT2D eigenvalue weighted by Crippen LogP contribution is -2.60. The van der Waals surface area contributed by atoms with E-state index >= 15 is 0 Å². The SMILES string of the molecule is C[C@@H]1CN(C(=O)C2CNCC2c2ccc(Cl)cc2)[C@@H](CCCN=C(N)N)CN1CCc1ccc2ccccc2c1. The Bertz CT molecular complexity index is 1320. The van der Waals surface area contributed by atoms with E-state index in [0.717, 1.165) is 45.4 Å². The second-order valence-corrected chi connectivity index (χ2v) is 11.7. The molecular formula is C32H41ClN6O. The minimum atomic E-state index is -0.0854. The zero-order valence-electron chi connectivity index (χ0n) is 23.3. The van der Waals surface area contributed by atoms with Crippen LogP contribution in [0, 0.1) is 5.92 Å². The number of nitrogens with one attached hydrogen (secondary N) is 1. The number of aliphatic imine (C=N–C) groups is 1. The molecule has 2 fully saturated rings. The van der Waals surface area contributed by atoms with Gasteiger partial charge in [0.2, 0.25) is 5.91 Å². The Morgan fingerprint density at radius 3 is 2.58 bits per heavy atom. The number of fused-ring (bicyclic) bond motifs is 1. The van der Waals surface area contributed by atoms with Crippen molar-refractivity contribution in [2.24, 2.45) is 22.4 Å². The fourth-order valence-electron chi connectivity index (χ4n) is 6.34. The Labute approximate surface area is 242 Å². The summed E-state index contributed by atoms with van der Waals surface area (Å²) in [5.41, 5.74) is 13.6. The molecule has 4 atom stereocenters. The Morgan fingerprint density at radius 1 is 1.02 bits per heavy atom. The average molecular weight is 561 g/mol. The highest BCUT2D eigenvalue weighted by Crippen LogP contribution is 2.32. The van der Waals surface area contributed by atoms with Crippen LogP contribution in [0.3, 0.4) is 0 Å². The highest BCUT2D eigenvalue weighted by atomic mass is 35.5. The number of nitrogens with zero attached hydrogens (tertiary/aromatic N) is 3. The van der Waals surface area contributed by atoms with Gasteiger partial charge in [0.15, 0.2) is 5.96 Å². The molecule has 2 aliphatic rings. The predicted molar refractivity (Wildman–Crippen MR) is 165 cm³/mol. The van der Waals surface area contributed by atoms with Gasteiger partial charge < -0.3 is 21.7 Å². The number of benzene rings is 3. The van der Waals surface area contributed by atoms with Gasteiger partial charge in [-0.1, -0.05) is 66.2 Å². The maximum absolute atomic E-state index is 14.1. The summed E-state index contributed by atoms with van der Waals surface area (Å²) in [7, 11) is 0. The van der Waals surface area contributed by atoms with Crippen LogP contribution >= 0.6 is 11.6 Å². The molecule has 3 aromatic rings. The molecule has 1 amide bonds. The lowest BCUT2D eigenvalue weighted by Gasteiger charge is -2.46. The standard InChI is InChI=1S/C32H41ClN6O/c1-22-20-39(31(40)30-19-36-18-29(30)25-10-12-27(33)13-11-25)28(7-4-15-37-32(34)35)21-38(22)16-14-23-8-9-24-5-2-3-6-26(24)17-23/h2-3,5-6,8-13,17,22,28-30,36H,4,7,14-16,18-21H2,1H3,(H4,34,35,37)/t22-,28+,29?,30?/m1/s1. The quantitative estimate of drug-likeness (QED) is 0.209. The molecule has 0 aliphatic carbocycles. The number of rotatable bonds is 9. The first-order valence-corrected chi connectivity index (χ1v) is 14.8. The number of hydrogen-bond acceptors (Lipinski definition) is 4. The van der Waals surface area contributed by atoms with Crippen LogP contribution in [-0.4, -0.2) is 73.0 Å². The van der Waals surface area contributed by atoms with E-state index in [4.69, 9.17) is 23.1 Å². The molecule has 0 bridgehead atoms. The van der Waals surface area contributed by atoms with Gasteiger partial charge in [0.25, 0.3) is 0 Å². The van der Waals surface area contributed by atoms with Crippen molar-refractivity contribution < 1.29 is 4.79 Å². The monoisotopic (exact) mass is 560 g/mol. The van der Waals surface area contributed by atoms with Gasteiger partial charge in [0, 0.05) is 62.3 Å². The summed E-state index contributed by atoms with van der Waals surface area (Å²) >= 11 is 6.14. The Morgan fingerprint density at radius 2 is 1.80 bits per heavy atom. The fourth-order valence-corrected chi connectivity index (χ4v) is 6.47. The minimum absolute atomic E-state index is 0.0854. The first kappa shape index (κ1) is 28.4. The van der Waals surface area contributed by atoms with Gasteiger partial charge >= 0.3 is 0 Å². The lowest BCUT2D eigenvalue weighted by atomic mass is 9.87. The van der Waals surface area contributed by atoms with Gasteiger partial charge in [-0.15, -0.1) is 0 Å². The van der Waals surface area contributed by atoms with Crippen LogP contribution in [0.25, 0.3) is 10.8 Å². The van der Waals surface area contributed by atoms with E-state index in [1.807, 2.05) is 12.1 Å². The smallest absolute Gasteiger partial charge is 0.227 e. The molecule has 0 aromatic heterocycles. The molecule has 212 valence electrons. The molecule has 2 heterocycles. The first-order chi connectivity index (χ1) is 19.4. The summed E-state index contributed by atoms with van der Waals surface area (Å²) in [4.78, 5) is 23.0. The maximum Gasteiger partial charge on any atom is 0.227 e. The van der Waals surface area contributed by atoms with Crippen LogP contribution in [0.15, 0.2) is 71.7 Å². The molecule has 3 aromatic carbocycles. The fraction of sp³-hybridized carbons (Fsp3) is 0.438. The summed E-state index contributed by atoms with van der Waals surface area (Å²) < 4.78 is 0. The average Bonchev–Trinajstić information content (AvgIpc) is 3.45. The summed E-state index contributed by atoms with van der Waals surface area (Å²) in [6, 6.07) is 23.6. The third kappa shape index (κ3) is 6.77. The number of piperazine rings is 1. The number of nitrogens with two attached hydrogens (primary N) is 2. The molecular weight excluding hydrogens is 520 g/mol. The highest BCUT2D eigenvalue weighted by molar-refractivity contribution is 6.30. The molecule has 40 heavy (non-hydrogen) atoms. The zero-order chi connectivity index (χ0) is 28.1. The molecule has 5 N–H and O–H groups in total. The second-order valence-electron chi connectivity index (χ2n) is 11.3. The number of hydrogen-bond donors (Lipinski definition) is 3. The molecule has 7 nitrogen and oxygen atoms in total. The Hall–Kier alpha value is -3.13. The van der Waals surface area contributed by atoms with Gasteiger partial charge in [-0.3, -0.25) is 14.7 Å². The molecule has 8 heteroatoms. The molecule has 0 spiro atoms. The first-order valence-electron chi connectivity index (χ1n) is 14.4. The summed E-state index contributed by atoms with van der Waals surface area (Å²) in [6.45, 7) is 6.87. The number of amides is 1. The third-order valence-electron chi connectivity index (χ3n) is 8.57. The number of carbonyl (C=O) groups is 1. The van der Waals surface area contributed by atoms with Crippen molar-refractivity contribution in [3.05, 3.63) is 82.9 Å². The van der Waals surface area contributed by atoms with Gasteiger partial charge in [0.1, 0.15) is 0 Å². The van der Waals surface area contributed by atoms with Crippen LogP contribution in [0.4, 0.5) is 0 Å². The number of halogens is 1. The highest BCUT2D eigenvalue weighted by Gasteiger charge is 2.41. The number of guanidine groups is 1. The molecule has 2 unspecified atom stereocenters. The van der Waals surface area contributed by atoms with Crippen molar-refractivity contribution in [2.75, 3.05) is 39.3 Å². The molecule has 5 rings (SSSR count). The van der Waals surface area contributed by atoms with Crippen LogP contribution in [-0.2, 0) is 11.2 Å². The lowest BCUT2D eigenvalue weighted by molar-refractivity contribution is -0.142. The van der Waals surface area contributed by atoms with E-state index in [2.05, 4.69) is 81.6 Å². The summed E-state index contributed by atoms with van der Waals surface area (Å²) in [5, 5.41) is 6.73. The Kier molecular flexibility index (Phi) is 9.25. The van der Waals surface area contributed by atoms with Gasteiger partial charge in [-0.2, -0.15) is 0 Å². The van der Waals surface area contributed by atoms with Crippen molar-refractivity contribution in [1.82, 2.24) is 15.1 Å². The number of carbonyl (C=O) groups excluding carboxylic acids is 1. The van der Waals surface area contributed by atoms with Crippen molar-refractivity contribution in [1.29, 1.82) is 0 Å². The summed E-state index contributed by atoms with van der Waals surface area (Å²) in [6.07, 6.45) is 2.69. The van der Waals surface area contributed by atoms with Crippen molar-refractivity contribution in [3.8, 4) is 0 Å². The minimum Gasteiger partial charge on any atom is -0.370 e. The molecule has 0 radical (unpaired) electrons. The van der Waals surface area contributed by atoms with Gasteiger partial charge in [-0.05, 0) is 60.2 Å². The third-order valence-corrected chi connectivity index (χ3v) is 8.83. The van der Waals surface area contributed by atoms with Crippen LogP contribution in [0.1, 0.15) is 36.8 Å². The van der Waals surface area contributed by atoms with Crippen LogP contribution < -0.4 is 16.8 Å². The van der Waals surface area contributed by atoms with E-state index in [9.17, 15) is 4.79 Å². The largest absolute Gasteiger partial charge is 0.370 e. The normalized spacial score (nSPS) is 23.4. The summed E-state index contributed by atoms with van der Waals surface area (Å²) in [5.74, 6) is 0.425.